The van der Waals surface area contributed by atoms with Gasteiger partial charge < -0.3 is 5.73 Å². The average molecular weight is 316 g/mol. The second-order valence-electron chi connectivity index (χ2n) is 4.87. The van der Waals surface area contributed by atoms with Gasteiger partial charge in [0.05, 0.1) is 11.8 Å². The minimum Gasteiger partial charge on any atom is -0.375 e. The maximum absolute atomic E-state index is 5.93. The van der Waals surface area contributed by atoms with Gasteiger partial charge in [-0.2, -0.15) is 5.10 Å². The van der Waals surface area contributed by atoms with E-state index in [0.29, 0.717) is 5.02 Å². The van der Waals surface area contributed by atoms with Crippen LogP contribution in [-0.2, 0) is 0 Å². The normalized spacial score (nSPS) is 17.7. The van der Waals surface area contributed by atoms with Crippen LogP contribution in [0.25, 0.3) is 0 Å². The van der Waals surface area contributed by atoms with Gasteiger partial charge in [0.2, 0.25) is 0 Å². The summed E-state index contributed by atoms with van der Waals surface area (Å²) in [6.45, 7) is 0. The molecule has 1 atom stereocenters. The van der Waals surface area contributed by atoms with Crippen molar-refractivity contribution in [2.45, 2.75) is 12.5 Å². The molecule has 0 fully saturated rings. The predicted octanol–water partition coefficient (Wildman–Crippen LogP) is 3.73. The Morgan fingerprint density at radius 2 is 1.81 bits per heavy atom. The largest absolute Gasteiger partial charge is 0.375 e. The van der Waals surface area contributed by atoms with Crippen LogP contribution in [0.15, 0.2) is 59.7 Å². The fourth-order valence-electron chi connectivity index (χ4n) is 2.47. The molecule has 0 spiro atoms. The van der Waals surface area contributed by atoms with Gasteiger partial charge in [0.15, 0.2) is 5.11 Å². The molecule has 0 unspecified atom stereocenters. The SMILES string of the molecule is NC(=S)N1N=C(c2ccc(Cl)cc2)C[C@@H]1c1ccccc1. The van der Waals surface area contributed by atoms with E-state index in [1.165, 1.54) is 0 Å². The van der Waals surface area contributed by atoms with Gasteiger partial charge in [-0.1, -0.05) is 54.1 Å². The van der Waals surface area contributed by atoms with Crippen molar-refractivity contribution in [3.63, 3.8) is 0 Å². The number of hydrogen-bond donors (Lipinski definition) is 1. The summed E-state index contributed by atoms with van der Waals surface area (Å²) in [6, 6.07) is 17.8. The molecule has 0 amide bonds. The molecule has 5 heteroatoms. The number of benzene rings is 2. The van der Waals surface area contributed by atoms with E-state index in [4.69, 9.17) is 29.6 Å². The lowest BCUT2D eigenvalue weighted by molar-refractivity contribution is 0.373. The molecular weight excluding hydrogens is 302 g/mol. The van der Waals surface area contributed by atoms with Crippen LogP contribution in [0.2, 0.25) is 5.02 Å². The topological polar surface area (TPSA) is 41.6 Å². The van der Waals surface area contributed by atoms with E-state index in [1.807, 2.05) is 42.5 Å². The first kappa shape index (κ1) is 14.0. The Labute approximate surface area is 134 Å². The molecule has 2 N–H and O–H groups in total. The molecule has 21 heavy (non-hydrogen) atoms. The molecule has 0 radical (unpaired) electrons. The van der Waals surface area contributed by atoms with Crippen molar-refractivity contribution < 1.29 is 0 Å². The molecule has 0 bridgehead atoms. The minimum atomic E-state index is 0.0504. The summed E-state index contributed by atoms with van der Waals surface area (Å²) in [4.78, 5) is 0. The highest BCUT2D eigenvalue weighted by Gasteiger charge is 2.30. The summed E-state index contributed by atoms with van der Waals surface area (Å²) in [5, 5.41) is 7.30. The Kier molecular flexibility index (Phi) is 3.90. The second kappa shape index (κ2) is 5.84. The summed E-state index contributed by atoms with van der Waals surface area (Å²) in [6.07, 6.45) is 0.767. The fourth-order valence-corrected chi connectivity index (χ4v) is 2.76. The molecule has 1 aliphatic heterocycles. The van der Waals surface area contributed by atoms with Crippen LogP contribution in [0, 0.1) is 0 Å². The second-order valence-corrected chi connectivity index (χ2v) is 5.72. The number of nitrogens with zero attached hydrogens (tertiary/aromatic N) is 2. The monoisotopic (exact) mass is 315 g/mol. The smallest absolute Gasteiger partial charge is 0.187 e. The van der Waals surface area contributed by atoms with Crippen molar-refractivity contribution in [2.24, 2.45) is 10.8 Å². The Hall–Kier alpha value is -1.91. The van der Waals surface area contributed by atoms with E-state index in [0.717, 1.165) is 23.3 Å². The molecule has 0 aromatic heterocycles. The lowest BCUT2D eigenvalue weighted by atomic mass is 9.99. The zero-order valence-electron chi connectivity index (χ0n) is 11.2. The average Bonchev–Trinajstić information content (AvgIpc) is 2.94. The van der Waals surface area contributed by atoms with Crippen molar-refractivity contribution in [1.82, 2.24) is 5.01 Å². The van der Waals surface area contributed by atoms with Crippen LogP contribution >= 0.6 is 23.8 Å². The number of hydrogen-bond acceptors (Lipinski definition) is 2. The molecule has 0 aliphatic carbocycles. The highest BCUT2D eigenvalue weighted by Crippen LogP contribution is 2.32. The summed E-state index contributed by atoms with van der Waals surface area (Å²) in [5.41, 5.74) is 8.98. The summed E-state index contributed by atoms with van der Waals surface area (Å²) in [5.74, 6) is 0. The van der Waals surface area contributed by atoms with Crippen LogP contribution in [-0.4, -0.2) is 15.8 Å². The lowest BCUT2D eigenvalue weighted by Gasteiger charge is -2.21. The first-order valence-electron chi connectivity index (χ1n) is 6.62. The van der Waals surface area contributed by atoms with Crippen molar-refractivity contribution >= 4 is 34.6 Å². The number of thiocarbonyl (C=S) groups is 1. The van der Waals surface area contributed by atoms with E-state index in [1.54, 1.807) is 5.01 Å². The maximum Gasteiger partial charge on any atom is 0.187 e. The van der Waals surface area contributed by atoms with Crippen LogP contribution < -0.4 is 5.73 Å². The standard InChI is InChI=1S/C16H14ClN3S/c17-13-8-6-11(7-9-13)14-10-15(20(19-14)16(18)21)12-4-2-1-3-5-12/h1-9,15H,10H2,(H2,18,21)/t15-/m1/s1. The summed E-state index contributed by atoms with van der Waals surface area (Å²) < 4.78 is 0. The molecule has 106 valence electrons. The minimum absolute atomic E-state index is 0.0504. The van der Waals surface area contributed by atoms with Crippen LogP contribution in [0.4, 0.5) is 0 Å². The highest BCUT2D eigenvalue weighted by molar-refractivity contribution is 7.80. The maximum atomic E-state index is 5.93. The number of hydrazone groups is 1. The number of nitrogens with two attached hydrogens (primary N) is 1. The summed E-state index contributed by atoms with van der Waals surface area (Å²) >= 11 is 11.1. The lowest BCUT2D eigenvalue weighted by Crippen LogP contribution is -2.31. The van der Waals surface area contributed by atoms with Crippen molar-refractivity contribution in [2.75, 3.05) is 0 Å². The van der Waals surface area contributed by atoms with Gasteiger partial charge in [0.25, 0.3) is 0 Å². The fraction of sp³-hybridized carbons (Fsp3) is 0.125. The first-order chi connectivity index (χ1) is 10.1. The van der Waals surface area contributed by atoms with Gasteiger partial charge in [0.1, 0.15) is 0 Å². The van der Waals surface area contributed by atoms with Crippen LogP contribution in [0.5, 0.6) is 0 Å². The third-order valence-electron chi connectivity index (χ3n) is 3.50. The Morgan fingerprint density at radius 3 is 2.43 bits per heavy atom. The number of rotatable bonds is 2. The van der Waals surface area contributed by atoms with E-state index in [-0.39, 0.29) is 11.2 Å². The molecule has 2 aromatic rings. The summed E-state index contributed by atoms with van der Waals surface area (Å²) in [7, 11) is 0. The van der Waals surface area contributed by atoms with Gasteiger partial charge in [-0.25, -0.2) is 5.01 Å². The van der Waals surface area contributed by atoms with Gasteiger partial charge in [0, 0.05) is 11.4 Å². The highest BCUT2D eigenvalue weighted by atomic mass is 35.5. The third kappa shape index (κ3) is 2.91. The molecule has 3 nitrogen and oxygen atoms in total. The number of halogens is 1. The predicted molar refractivity (Wildman–Crippen MR) is 90.4 cm³/mol. The van der Waals surface area contributed by atoms with Crippen molar-refractivity contribution in [3.05, 3.63) is 70.7 Å². The van der Waals surface area contributed by atoms with E-state index in [2.05, 4.69) is 17.2 Å². The van der Waals surface area contributed by atoms with Gasteiger partial charge in [-0.15, -0.1) is 0 Å². The molecule has 0 saturated heterocycles. The molecule has 1 aliphatic rings. The van der Waals surface area contributed by atoms with E-state index in [9.17, 15) is 0 Å². The van der Waals surface area contributed by atoms with Gasteiger partial charge >= 0.3 is 0 Å². The zero-order valence-corrected chi connectivity index (χ0v) is 12.8. The molecule has 1 heterocycles. The Morgan fingerprint density at radius 1 is 1.14 bits per heavy atom. The Bertz CT molecular complexity index is 682. The van der Waals surface area contributed by atoms with Crippen molar-refractivity contribution in [1.29, 1.82) is 0 Å². The van der Waals surface area contributed by atoms with Gasteiger partial charge in [-0.05, 0) is 35.5 Å². The first-order valence-corrected chi connectivity index (χ1v) is 7.41. The Balaban J connectivity index is 1.93. The molecular formula is C16H14ClN3S. The van der Waals surface area contributed by atoms with Gasteiger partial charge in [-0.3, -0.25) is 0 Å². The molecule has 2 aromatic carbocycles. The molecule has 3 rings (SSSR count). The van der Waals surface area contributed by atoms with E-state index >= 15 is 0 Å². The van der Waals surface area contributed by atoms with Crippen LogP contribution in [0.3, 0.4) is 0 Å². The quantitative estimate of drug-likeness (QED) is 0.858. The van der Waals surface area contributed by atoms with Crippen molar-refractivity contribution in [3.8, 4) is 0 Å². The molecule has 0 saturated carbocycles. The third-order valence-corrected chi connectivity index (χ3v) is 3.94. The zero-order chi connectivity index (χ0) is 14.8. The van der Waals surface area contributed by atoms with Crippen LogP contribution in [0.1, 0.15) is 23.6 Å². The van der Waals surface area contributed by atoms with E-state index < -0.39 is 0 Å².